The van der Waals surface area contributed by atoms with Crippen LogP contribution in [0.1, 0.15) is 12.6 Å². The van der Waals surface area contributed by atoms with E-state index >= 15 is 0 Å². The van der Waals surface area contributed by atoms with Crippen molar-refractivity contribution in [2.75, 3.05) is 6.61 Å². The molecule has 0 aliphatic heterocycles. The van der Waals surface area contributed by atoms with Gasteiger partial charge in [-0.05, 0) is 35.0 Å². The molecule has 3 nitrogen and oxygen atoms in total. The number of hydrogen-bond donors (Lipinski definition) is 0. The summed E-state index contributed by atoms with van der Waals surface area (Å²) in [6.07, 6.45) is 1.19. The zero-order valence-electron chi connectivity index (χ0n) is 7.84. The Kier molecular flexibility index (Phi) is 3.73. The fourth-order valence-corrected chi connectivity index (χ4v) is 1.44. The van der Waals surface area contributed by atoms with Gasteiger partial charge in [0.25, 0.3) is 0 Å². The third kappa shape index (κ3) is 2.50. The van der Waals surface area contributed by atoms with Crippen LogP contribution in [0.3, 0.4) is 0 Å². The van der Waals surface area contributed by atoms with Gasteiger partial charge in [0.2, 0.25) is 0 Å². The number of halogens is 3. The van der Waals surface area contributed by atoms with Crippen LogP contribution < -0.4 is 0 Å². The fraction of sp³-hybridized carbons (Fsp3) is 0.333. The lowest BCUT2D eigenvalue weighted by molar-refractivity contribution is -0.173. The molecule has 0 bridgehead atoms. The van der Waals surface area contributed by atoms with Crippen molar-refractivity contribution in [3.05, 3.63) is 28.5 Å². The van der Waals surface area contributed by atoms with Gasteiger partial charge in [0.15, 0.2) is 0 Å². The van der Waals surface area contributed by atoms with E-state index in [0.717, 1.165) is 0 Å². The quantitative estimate of drug-likeness (QED) is 0.798. The molecule has 0 fully saturated rings. The molecule has 0 N–H and O–H groups in total. The lowest BCUT2D eigenvalue weighted by Crippen LogP contribution is -2.29. The lowest BCUT2D eigenvalue weighted by atomic mass is 10.2. The Bertz CT molecular complexity index is 371. The predicted molar refractivity (Wildman–Crippen MR) is 52.5 cm³/mol. The summed E-state index contributed by atoms with van der Waals surface area (Å²) in [4.78, 5) is 14.4. The summed E-state index contributed by atoms with van der Waals surface area (Å²) in [6.45, 7) is 1.36. The molecule has 0 aromatic carbocycles. The molecular formula is C9H8BrF2NO2. The largest absolute Gasteiger partial charge is 0.461 e. The van der Waals surface area contributed by atoms with E-state index in [4.69, 9.17) is 0 Å². The summed E-state index contributed by atoms with van der Waals surface area (Å²) < 4.78 is 31.2. The van der Waals surface area contributed by atoms with Crippen LogP contribution in [0.25, 0.3) is 0 Å². The Balaban J connectivity index is 3.05. The molecule has 0 radical (unpaired) electrons. The normalized spacial score (nSPS) is 11.2. The third-order valence-corrected chi connectivity index (χ3v) is 2.23. The van der Waals surface area contributed by atoms with E-state index in [9.17, 15) is 13.6 Å². The first-order valence-electron chi connectivity index (χ1n) is 4.16. The van der Waals surface area contributed by atoms with Crippen molar-refractivity contribution in [3.63, 3.8) is 0 Å². The monoisotopic (exact) mass is 279 g/mol. The van der Waals surface area contributed by atoms with Crippen molar-refractivity contribution >= 4 is 21.9 Å². The van der Waals surface area contributed by atoms with Crippen LogP contribution >= 0.6 is 15.9 Å². The van der Waals surface area contributed by atoms with Crippen LogP contribution in [0, 0.1) is 0 Å². The lowest BCUT2D eigenvalue weighted by Gasteiger charge is -2.14. The number of nitrogens with zero attached hydrogens (tertiary/aromatic N) is 1. The van der Waals surface area contributed by atoms with Crippen LogP contribution in [0.5, 0.6) is 0 Å². The number of pyridine rings is 1. The molecule has 6 heteroatoms. The number of aromatic nitrogens is 1. The number of alkyl halides is 2. The first-order chi connectivity index (χ1) is 7.00. The van der Waals surface area contributed by atoms with E-state index in [1.54, 1.807) is 0 Å². The summed E-state index contributed by atoms with van der Waals surface area (Å²) in [5, 5.41) is 0. The molecule has 0 amide bonds. The SMILES string of the molecule is CCOC(=O)C(F)(F)c1ncccc1Br. The number of carbonyl (C=O) groups is 1. The molecule has 1 aromatic heterocycles. The molecule has 0 aliphatic rings. The Morgan fingerprint density at radius 3 is 2.87 bits per heavy atom. The Morgan fingerprint density at radius 1 is 1.67 bits per heavy atom. The second kappa shape index (κ2) is 4.65. The number of ether oxygens (including phenoxy) is 1. The van der Waals surface area contributed by atoms with Gasteiger partial charge in [-0.2, -0.15) is 8.78 Å². The molecular weight excluding hydrogens is 272 g/mol. The van der Waals surface area contributed by atoms with Gasteiger partial charge in [-0.1, -0.05) is 0 Å². The van der Waals surface area contributed by atoms with Crippen LogP contribution in [0.15, 0.2) is 22.8 Å². The van der Waals surface area contributed by atoms with E-state index < -0.39 is 17.6 Å². The second-order valence-electron chi connectivity index (χ2n) is 2.63. The van der Waals surface area contributed by atoms with E-state index in [1.807, 2.05) is 0 Å². The number of carbonyl (C=O) groups excluding carboxylic acids is 1. The van der Waals surface area contributed by atoms with Crippen LogP contribution in [-0.2, 0) is 15.5 Å². The average molecular weight is 280 g/mol. The standard InChI is InChI=1S/C9H8BrF2NO2/c1-2-15-8(14)9(11,12)7-6(10)4-3-5-13-7/h3-5H,2H2,1H3. The smallest absolute Gasteiger partial charge is 0.385 e. The van der Waals surface area contributed by atoms with Gasteiger partial charge in [-0.25, -0.2) is 4.79 Å². The summed E-state index contributed by atoms with van der Waals surface area (Å²) in [6, 6.07) is 2.87. The van der Waals surface area contributed by atoms with Crippen LogP contribution in [0.2, 0.25) is 0 Å². The summed E-state index contributed by atoms with van der Waals surface area (Å²) >= 11 is 2.90. The van der Waals surface area contributed by atoms with Crippen molar-refractivity contribution in [1.29, 1.82) is 0 Å². The molecule has 0 aliphatic carbocycles. The Labute approximate surface area is 93.6 Å². The minimum atomic E-state index is -3.73. The molecule has 1 heterocycles. The summed E-state index contributed by atoms with van der Waals surface area (Å²) in [5.41, 5.74) is -0.636. The molecule has 1 rings (SSSR count). The molecule has 82 valence electrons. The zero-order chi connectivity index (χ0) is 11.5. The fourth-order valence-electron chi connectivity index (χ4n) is 0.935. The van der Waals surface area contributed by atoms with Crippen molar-refractivity contribution in [2.24, 2.45) is 0 Å². The molecule has 0 saturated carbocycles. The van der Waals surface area contributed by atoms with Crippen molar-refractivity contribution < 1.29 is 18.3 Å². The maximum absolute atomic E-state index is 13.4. The van der Waals surface area contributed by atoms with Gasteiger partial charge in [0.05, 0.1) is 6.61 Å². The first-order valence-corrected chi connectivity index (χ1v) is 4.95. The maximum Gasteiger partial charge on any atom is 0.385 e. The molecule has 15 heavy (non-hydrogen) atoms. The van der Waals surface area contributed by atoms with E-state index in [0.29, 0.717) is 0 Å². The molecule has 0 spiro atoms. The predicted octanol–water partition coefficient (Wildman–Crippen LogP) is 2.50. The summed E-state index contributed by atoms with van der Waals surface area (Å²) in [5.74, 6) is -5.32. The maximum atomic E-state index is 13.4. The second-order valence-corrected chi connectivity index (χ2v) is 3.48. The highest BCUT2D eigenvalue weighted by Crippen LogP contribution is 2.32. The van der Waals surface area contributed by atoms with Gasteiger partial charge in [0.1, 0.15) is 5.69 Å². The minimum Gasteiger partial charge on any atom is -0.461 e. The highest BCUT2D eigenvalue weighted by molar-refractivity contribution is 9.10. The van der Waals surface area contributed by atoms with Gasteiger partial charge in [0, 0.05) is 10.7 Å². The zero-order valence-corrected chi connectivity index (χ0v) is 9.42. The van der Waals surface area contributed by atoms with E-state index in [-0.39, 0.29) is 11.1 Å². The number of hydrogen-bond acceptors (Lipinski definition) is 3. The van der Waals surface area contributed by atoms with Crippen molar-refractivity contribution in [2.45, 2.75) is 12.8 Å². The van der Waals surface area contributed by atoms with Gasteiger partial charge in [-0.3, -0.25) is 4.98 Å². The van der Waals surface area contributed by atoms with Crippen LogP contribution in [0.4, 0.5) is 8.78 Å². The molecule has 1 aromatic rings. The molecule has 0 unspecified atom stereocenters. The third-order valence-electron chi connectivity index (χ3n) is 1.59. The van der Waals surface area contributed by atoms with Gasteiger partial charge < -0.3 is 4.74 Å². The van der Waals surface area contributed by atoms with Crippen molar-refractivity contribution in [1.82, 2.24) is 4.98 Å². The minimum absolute atomic E-state index is 0.0723. The molecule has 0 atom stereocenters. The Hall–Kier alpha value is -1.04. The van der Waals surface area contributed by atoms with E-state index in [1.165, 1.54) is 25.3 Å². The van der Waals surface area contributed by atoms with Crippen molar-refractivity contribution in [3.8, 4) is 0 Å². The van der Waals surface area contributed by atoms with E-state index in [2.05, 4.69) is 25.7 Å². The molecule has 0 saturated heterocycles. The Morgan fingerprint density at radius 2 is 2.33 bits per heavy atom. The average Bonchev–Trinajstić information content (AvgIpc) is 2.18. The van der Waals surface area contributed by atoms with Gasteiger partial charge in [-0.15, -0.1) is 0 Å². The number of rotatable bonds is 3. The topological polar surface area (TPSA) is 39.2 Å². The summed E-state index contributed by atoms with van der Waals surface area (Å²) in [7, 11) is 0. The first kappa shape index (κ1) is 12.0. The highest BCUT2D eigenvalue weighted by Gasteiger charge is 2.45. The van der Waals surface area contributed by atoms with Gasteiger partial charge >= 0.3 is 11.9 Å². The van der Waals surface area contributed by atoms with Crippen LogP contribution in [-0.4, -0.2) is 17.6 Å². The number of esters is 1. The highest BCUT2D eigenvalue weighted by atomic mass is 79.9.